The van der Waals surface area contributed by atoms with E-state index in [1.807, 2.05) is 0 Å². The van der Waals surface area contributed by atoms with Crippen LogP contribution in [-0.4, -0.2) is 38.9 Å². The third-order valence-electron chi connectivity index (χ3n) is 3.21. The molecule has 1 heterocycles. The molecule has 2 aromatic rings. The number of rotatable bonds is 5. The molecule has 1 unspecified atom stereocenters. The molecule has 21 heavy (non-hydrogen) atoms. The van der Waals surface area contributed by atoms with Crippen molar-refractivity contribution in [2.24, 2.45) is 0 Å². The summed E-state index contributed by atoms with van der Waals surface area (Å²) in [6.45, 7) is 3.04. The predicted octanol–water partition coefficient (Wildman–Crippen LogP) is 1.61. The van der Waals surface area contributed by atoms with Gasteiger partial charge in [-0.05, 0) is 26.0 Å². The van der Waals surface area contributed by atoms with Crippen LogP contribution in [0, 0.1) is 17.0 Å². The Labute approximate surface area is 121 Å². The first kappa shape index (κ1) is 15.1. The van der Waals surface area contributed by atoms with Crippen molar-refractivity contribution in [2.45, 2.75) is 19.4 Å². The van der Waals surface area contributed by atoms with Crippen molar-refractivity contribution in [1.82, 2.24) is 4.98 Å². The third-order valence-corrected chi connectivity index (χ3v) is 3.21. The summed E-state index contributed by atoms with van der Waals surface area (Å²) in [4.78, 5) is 14.7. The van der Waals surface area contributed by atoms with Gasteiger partial charge in [0.15, 0.2) is 0 Å². The van der Waals surface area contributed by atoms with Crippen molar-refractivity contribution in [3.05, 3.63) is 40.2 Å². The summed E-state index contributed by atoms with van der Waals surface area (Å²) >= 11 is 0. The number of fused-ring (bicyclic) bond motifs is 1. The SMILES string of the molecule is Cc1cc2c(NCC(C)(O)CO)ccc([N+](=O)[O-])c2cn1. The molecule has 1 aromatic heterocycles. The number of hydrogen-bond donors (Lipinski definition) is 3. The lowest BCUT2D eigenvalue weighted by Crippen LogP contribution is -2.37. The van der Waals surface area contributed by atoms with E-state index < -0.39 is 10.5 Å². The van der Waals surface area contributed by atoms with Crippen LogP contribution in [0.5, 0.6) is 0 Å². The Hall–Kier alpha value is -2.25. The van der Waals surface area contributed by atoms with E-state index in [4.69, 9.17) is 5.11 Å². The van der Waals surface area contributed by atoms with Gasteiger partial charge >= 0.3 is 0 Å². The quantitative estimate of drug-likeness (QED) is 0.570. The summed E-state index contributed by atoms with van der Waals surface area (Å²) < 4.78 is 0. The van der Waals surface area contributed by atoms with Gasteiger partial charge in [-0.2, -0.15) is 0 Å². The lowest BCUT2D eigenvalue weighted by Gasteiger charge is -2.22. The number of non-ortho nitro benzene ring substituents is 1. The Morgan fingerprint density at radius 2 is 2.14 bits per heavy atom. The minimum absolute atomic E-state index is 0.0167. The first-order valence-corrected chi connectivity index (χ1v) is 6.45. The van der Waals surface area contributed by atoms with Crippen LogP contribution in [-0.2, 0) is 0 Å². The zero-order valence-electron chi connectivity index (χ0n) is 11.8. The minimum Gasteiger partial charge on any atom is -0.393 e. The van der Waals surface area contributed by atoms with E-state index in [9.17, 15) is 15.2 Å². The summed E-state index contributed by atoms with van der Waals surface area (Å²) in [5.41, 5.74) is 0.0997. The number of aromatic nitrogens is 1. The fourth-order valence-corrected chi connectivity index (χ4v) is 1.98. The van der Waals surface area contributed by atoms with E-state index in [0.717, 1.165) is 5.69 Å². The topological polar surface area (TPSA) is 109 Å². The van der Waals surface area contributed by atoms with Crippen LogP contribution in [0.25, 0.3) is 10.8 Å². The molecule has 2 rings (SSSR count). The van der Waals surface area contributed by atoms with Crippen molar-refractivity contribution in [2.75, 3.05) is 18.5 Å². The van der Waals surface area contributed by atoms with Crippen LogP contribution in [0.15, 0.2) is 24.4 Å². The Kier molecular flexibility index (Phi) is 4.06. The summed E-state index contributed by atoms with van der Waals surface area (Å²) in [6, 6.07) is 4.74. The van der Waals surface area contributed by atoms with Gasteiger partial charge in [0.1, 0.15) is 5.60 Å². The van der Waals surface area contributed by atoms with Gasteiger partial charge in [-0.15, -0.1) is 0 Å². The van der Waals surface area contributed by atoms with Gasteiger partial charge in [0.25, 0.3) is 5.69 Å². The normalized spacial score (nSPS) is 13.9. The molecule has 0 amide bonds. The molecule has 7 heteroatoms. The number of aliphatic hydroxyl groups excluding tert-OH is 1. The molecule has 112 valence electrons. The van der Waals surface area contributed by atoms with Gasteiger partial charge in [-0.3, -0.25) is 15.1 Å². The Bertz CT molecular complexity index is 685. The summed E-state index contributed by atoms with van der Waals surface area (Å²) in [6.07, 6.45) is 1.47. The molecule has 3 N–H and O–H groups in total. The monoisotopic (exact) mass is 291 g/mol. The van der Waals surface area contributed by atoms with Crippen molar-refractivity contribution in [3.8, 4) is 0 Å². The average Bonchev–Trinajstić information content (AvgIpc) is 2.44. The zero-order chi connectivity index (χ0) is 15.6. The molecule has 0 saturated carbocycles. The van der Waals surface area contributed by atoms with Crippen molar-refractivity contribution in [3.63, 3.8) is 0 Å². The highest BCUT2D eigenvalue weighted by Crippen LogP contribution is 2.31. The molecule has 0 fully saturated rings. The summed E-state index contributed by atoms with van der Waals surface area (Å²) in [5, 5.41) is 34.0. The van der Waals surface area contributed by atoms with Gasteiger partial charge in [-0.25, -0.2) is 0 Å². The van der Waals surface area contributed by atoms with Crippen molar-refractivity contribution < 1.29 is 15.1 Å². The summed E-state index contributed by atoms with van der Waals surface area (Å²) in [7, 11) is 0. The maximum atomic E-state index is 11.1. The molecular formula is C14H17N3O4. The number of nitro benzene ring substituents is 1. The number of nitro groups is 1. The van der Waals surface area contributed by atoms with Gasteiger partial charge < -0.3 is 15.5 Å². The van der Waals surface area contributed by atoms with E-state index >= 15 is 0 Å². The van der Waals surface area contributed by atoms with Gasteiger partial charge in [0.05, 0.1) is 16.9 Å². The standard InChI is InChI=1S/C14H17N3O4/c1-9-5-10-11(6-15-9)13(17(20)21)4-3-12(10)16-7-14(2,19)8-18/h3-6,16,18-19H,7-8H2,1-2H3. The fraction of sp³-hybridized carbons (Fsp3) is 0.357. The van der Waals surface area contributed by atoms with Crippen LogP contribution in [0.3, 0.4) is 0 Å². The number of aryl methyl sites for hydroxylation is 1. The van der Waals surface area contributed by atoms with Crippen LogP contribution < -0.4 is 5.32 Å². The lowest BCUT2D eigenvalue weighted by molar-refractivity contribution is -0.383. The van der Waals surface area contributed by atoms with E-state index in [1.165, 1.54) is 19.2 Å². The highest BCUT2D eigenvalue weighted by molar-refractivity contribution is 5.99. The largest absolute Gasteiger partial charge is 0.393 e. The first-order valence-electron chi connectivity index (χ1n) is 6.45. The van der Waals surface area contributed by atoms with Gasteiger partial charge in [-0.1, -0.05) is 0 Å². The zero-order valence-corrected chi connectivity index (χ0v) is 11.8. The molecule has 1 aromatic carbocycles. The number of nitrogens with zero attached hydrogens (tertiary/aromatic N) is 2. The van der Waals surface area contributed by atoms with Crippen molar-refractivity contribution in [1.29, 1.82) is 0 Å². The highest BCUT2D eigenvalue weighted by atomic mass is 16.6. The predicted molar refractivity (Wildman–Crippen MR) is 79.3 cm³/mol. The number of anilines is 1. The van der Waals surface area contributed by atoms with E-state index in [1.54, 1.807) is 19.1 Å². The molecule has 0 spiro atoms. The van der Waals surface area contributed by atoms with Crippen LogP contribution in [0.4, 0.5) is 11.4 Å². The summed E-state index contributed by atoms with van der Waals surface area (Å²) in [5.74, 6) is 0. The molecule has 0 radical (unpaired) electrons. The van der Waals surface area contributed by atoms with Crippen LogP contribution in [0.1, 0.15) is 12.6 Å². The Morgan fingerprint density at radius 3 is 2.76 bits per heavy atom. The Balaban J connectivity index is 2.48. The minimum atomic E-state index is -1.27. The fourth-order valence-electron chi connectivity index (χ4n) is 1.98. The number of nitrogens with one attached hydrogen (secondary N) is 1. The van der Waals surface area contributed by atoms with Crippen LogP contribution in [0.2, 0.25) is 0 Å². The molecule has 0 aliphatic rings. The van der Waals surface area contributed by atoms with Crippen LogP contribution >= 0.6 is 0 Å². The van der Waals surface area contributed by atoms with Gasteiger partial charge in [0.2, 0.25) is 0 Å². The molecule has 0 bridgehead atoms. The third kappa shape index (κ3) is 3.26. The van der Waals surface area contributed by atoms with E-state index in [-0.39, 0.29) is 18.8 Å². The lowest BCUT2D eigenvalue weighted by atomic mass is 10.1. The second kappa shape index (κ2) is 5.63. The molecule has 1 atom stereocenters. The molecule has 0 aliphatic heterocycles. The second-order valence-electron chi connectivity index (χ2n) is 5.27. The second-order valence-corrected chi connectivity index (χ2v) is 5.27. The molecule has 0 aliphatic carbocycles. The number of hydrogen-bond acceptors (Lipinski definition) is 6. The molecule has 7 nitrogen and oxygen atoms in total. The molecule has 0 saturated heterocycles. The van der Waals surface area contributed by atoms with Gasteiger partial charge in [0, 0.05) is 35.6 Å². The number of benzene rings is 1. The maximum absolute atomic E-state index is 11.1. The average molecular weight is 291 g/mol. The van der Waals surface area contributed by atoms with Crippen molar-refractivity contribution >= 4 is 22.1 Å². The van der Waals surface area contributed by atoms with E-state index in [2.05, 4.69) is 10.3 Å². The first-order chi connectivity index (χ1) is 9.84. The number of pyridine rings is 1. The smallest absolute Gasteiger partial charge is 0.278 e. The maximum Gasteiger partial charge on any atom is 0.278 e. The Morgan fingerprint density at radius 1 is 1.43 bits per heavy atom. The highest BCUT2D eigenvalue weighted by Gasteiger charge is 2.20. The van der Waals surface area contributed by atoms with E-state index in [0.29, 0.717) is 16.5 Å². The number of aliphatic hydroxyl groups is 2. The molecular weight excluding hydrogens is 274 g/mol.